The Hall–Kier alpha value is -1.68. The third-order valence-corrected chi connectivity index (χ3v) is 9.98. The molecule has 1 aliphatic rings. The van der Waals surface area contributed by atoms with Gasteiger partial charge >= 0.3 is 16.4 Å². The van der Waals surface area contributed by atoms with Gasteiger partial charge in [0.05, 0.1) is 19.8 Å². The maximum absolute atomic E-state index is 12.5. The van der Waals surface area contributed by atoms with Crippen LogP contribution in [0.1, 0.15) is 162 Å². The molecule has 13 heteroatoms. The van der Waals surface area contributed by atoms with E-state index < -0.39 is 59.8 Å². The van der Waals surface area contributed by atoms with Crippen molar-refractivity contribution in [3.8, 4) is 0 Å². The molecule has 1 rings (SSSR count). The van der Waals surface area contributed by atoms with Crippen LogP contribution in [0.15, 0.2) is 36.5 Å². The van der Waals surface area contributed by atoms with Crippen LogP contribution in [0.2, 0.25) is 0 Å². The molecule has 4 N–H and O–H groups in total. The van der Waals surface area contributed by atoms with Crippen molar-refractivity contribution in [1.82, 2.24) is 0 Å². The van der Waals surface area contributed by atoms with Crippen LogP contribution >= 0.6 is 0 Å². The number of rotatable bonds is 36. The summed E-state index contributed by atoms with van der Waals surface area (Å²) in [5.41, 5.74) is 0. The number of hydrogen-bond acceptors (Lipinski definition) is 11. The smallest absolute Gasteiger partial charge is 0.397 e. The fraction of sp³-hybridized carbons (Fsp3) is 0.833. The van der Waals surface area contributed by atoms with Gasteiger partial charge in [0.15, 0.2) is 6.29 Å². The number of allylic oxidation sites excluding steroid dienone is 6. The van der Waals surface area contributed by atoms with Gasteiger partial charge in [-0.2, -0.15) is 8.42 Å². The Balaban J connectivity index is 2.24. The van der Waals surface area contributed by atoms with Crippen molar-refractivity contribution in [2.45, 2.75) is 198 Å². The summed E-state index contributed by atoms with van der Waals surface area (Å²) in [6.45, 7) is 3.81. The third-order valence-electron chi connectivity index (χ3n) is 9.52. The van der Waals surface area contributed by atoms with Crippen molar-refractivity contribution < 1.29 is 56.2 Å². The Kier molecular flexibility index (Phi) is 32.1. The topological polar surface area (TPSA) is 178 Å². The lowest BCUT2D eigenvalue weighted by Crippen LogP contribution is -2.60. The summed E-state index contributed by atoms with van der Waals surface area (Å²) in [5, 5.41) is 30.4. The summed E-state index contributed by atoms with van der Waals surface area (Å²) in [6, 6.07) is 0. The number of ether oxygens (including phenoxy) is 4. The van der Waals surface area contributed by atoms with E-state index in [9.17, 15) is 28.5 Å². The van der Waals surface area contributed by atoms with Gasteiger partial charge in [0, 0.05) is 13.0 Å². The summed E-state index contributed by atoms with van der Waals surface area (Å²) in [6.07, 6.45) is 29.8. The first-order chi connectivity index (χ1) is 26.6. The number of carbonyl (C=O) groups excluding carboxylic acids is 1. The summed E-state index contributed by atoms with van der Waals surface area (Å²) in [4.78, 5) is 12.5. The second-order valence-electron chi connectivity index (χ2n) is 14.6. The van der Waals surface area contributed by atoms with Crippen molar-refractivity contribution >= 4 is 16.4 Å². The molecule has 0 aromatic rings. The number of hydrogen-bond donors (Lipinski definition) is 4. The number of carbonyl (C=O) groups is 1. The molecule has 0 spiro atoms. The maximum atomic E-state index is 12.5. The Morgan fingerprint density at radius 2 is 1.20 bits per heavy atom. The highest BCUT2D eigenvalue weighted by atomic mass is 32.3. The lowest BCUT2D eigenvalue weighted by Gasteiger charge is -2.41. The van der Waals surface area contributed by atoms with E-state index in [0.29, 0.717) is 13.0 Å². The van der Waals surface area contributed by atoms with Gasteiger partial charge in [-0.15, -0.1) is 0 Å². The van der Waals surface area contributed by atoms with Gasteiger partial charge in [-0.3, -0.25) is 9.35 Å². The number of esters is 1. The van der Waals surface area contributed by atoms with Gasteiger partial charge in [0.1, 0.15) is 30.5 Å². The second kappa shape index (κ2) is 34.4. The van der Waals surface area contributed by atoms with Gasteiger partial charge in [-0.25, -0.2) is 4.18 Å². The van der Waals surface area contributed by atoms with Crippen molar-refractivity contribution in [3.63, 3.8) is 0 Å². The molecule has 55 heavy (non-hydrogen) atoms. The SMILES string of the molecule is CCCCCCC/C=C\C/C=C\C/C=C\CCCCCCCCCCCOCC(COC1OC(CO)C(O)C(OS(=O)(=O)O)C1O)OC(=O)CCCCCC. The van der Waals surface area contributed by atoms with Gasteiger partial charge in [-0.05, 0) is 51.4 Å². The quantitative estimate of drug-likeness (QED) is 0.0207. The van der Waals surface area contributed by atoms with E-state index in [0.717, 1.165) is 57.8 Å². The highest BCUT2D eigenvalue weighted by Crippen LogP contribution is 2.26. The molecule has 0 aromatic carbocycles. The molecule has 1 aliphatic heterocycles. The van der Waals surface area contributed by atoms with Crippen LogP contribution in [0.3, 0.4) is 0 Å². The molecule has 1 fully saturated rings. The van der Waals surface area contributed by atoms with Crippen molar-refractivity contribution in [1.29, 1.82) is 0 Å². The van der Waals surface area contributed by atoms with Crippen molar-refractivity contribution in [2.24, 2.45) is 0 Å². The van der Waals surface area contributed by atoms with Crippen molar-refractivity contribution in [3.05, 3.63) is 36.5 Å². The monoisotopic (exact) mass is 805 g/mol. The lowest BCUT2D eigenvalue weighted by atomic mass is 9.99. The minimum atomic E-state index is -5.05. The average molecular weight is 805 g/mol. The van der Waals surface area contributed by atoms with Gasteiger partial charge in [-0.1, -0.05) is 140 Å². The molecule has 6 atom stereocenters. The Bertz CT molecular complexity index is 1110. The number of unbranched alkanes of at least 4 members (excludes halogenated alkanes) is 17. The minimum Gasteiger partial charge on any atom is -0.457 e. The first-order valence-corrected chi connectivity index (χ1v) is 22.6. The molecular formula is C42H76O12S. The zero-order valence-corrected chi connectivity index (χ0v) is 34.8. The fourth-order valence-electron chi connectivity index (χ4n) is 6.27. The Morgan fingerprint density at radius 1 is 0.691 bits per heavy atom. The predicted octanol–water partition coefficient (Wildman–Crippen LogP) is 8.24. The summed E-state index contributed by atoms with van der Waals surface area (Å²) < 4.78 is 58.5. The Labute approximate surface area is 333 Å². The van der Waals surface area contributed by atoms with Gasteiger partial charge in [0.2, 0.25) is 0 Å². The predicted molar refractivity (Wildman–Crippen MR) is 216 cm³/mol. The molecule has 0 aliphatic carbocycles. The van der Waals surface area contributed by atoms with Crippen LogP contribution in [0.5, 0.6) is 0 Å². The highest BCUT2D eigenvalue weighted by Gasteiger charge is 2.48. The summed E-state index contributed by atoms with van der Waals surface area (Å²) >= 11 is 0. The first kappa shape index (κ1) is 51.3. The molecule has 6 unspecified atom stereocenters. The van der Waals surface area contributed by atoms with E-state index in [4.69, 9.17) is 23.5 Å². The van der Waals surface area contributed by atoms with E-state index in [1.807, 2.05) is 0 Å². The van der Waals surface area contributed by atoms with Gasteiger partial charge in [0.25, 0.3) is 0 Å². The molecule has 1 heterocycles. The zero-order chi connectivity index (χ0) is 40.4. The number of aliphatic hydroxyl groups is 3. The molecule has 12 nitrogen and oxygen atoms in total. The summed E-state index contributed by atoms with van der Waals surface area (Å²) in [7, 11) is -5.05. The standard InChI is InChI=1S/C42H76O12S/c1-3-5-7-9-10-11-12-13-14-15-16-17-18-19-20-21-22-23-24-25-26-27-28-30-32-50-34-36(52-38(44)31-29-8-6-4-2)35-51-42-40(46)41(54-55(47,48)49)39(45)37(33-43)53-42/h12-13,15-16,18-19,36-37,39-43,45-46H,3-11,14,17,20-35H2,1-2H3,(H,47,48,49)/b13-12-,16-15-,19-18-. The number of aliphatic hydroxyl groups excluding tert-OH is 3. The van der Waals surface area contributed by atoms with Crippen LogP contribution in [0, 0.1) is 0 Å². The van der Waals surface area contributed by atoms with E-state index in [-0.39, 0.29) is 19.6 Å². The maximum Gasteiger partial charge on any atom is 0.397 e. The zero-order valence-electron chi connectivity index (χ0n) is 34.0. The molecule has 1 saturated heterocycles. The normalized spacial score (nSPS) is 21.3. The molecule has 0 amide bonds. The largest absolute Gasteiger partial charge is 0.457 e. The highest BCUT2D eigenvalue weighted by molar-refractivity contribution is 7.80. The van der Waals surface area contributed by atoms with E-state index >= 15 is 0 Å². The molecule has 0 saturated carbocycles. The molecule has 0 radical (unpaired) electrons. The molecule has 0 bridgehead atoms. The lowest BCUT2D eigenvalue weighted by molar-refractivity contribution is -0.301. The van der Waals surface area contributed by atoms with Crippen LogP contribution in [-0.4, -0.2) is 97.5 Å². The van der Waals surface area contributed by atoms with E-state index in [1.54, 1.807) is 0 Å². The summed E-state index contributed by atoms with van der Waals surface area (Å²) in [5.74, 6) is -0.420. The van der Waals surface area contributed by atoms with Crippen LogP contribution < -0.4 is 0 Å². The van der Waals surface area contributed by atoms with Crippen molar-refractivity contribution in [2.75, 3.05) is 26.4 Å². The van der Waals surface area contributed by atoms with E-state index in [2.05, 4.69) is 54.5 Å². The average Bonchev–Trinajstić information content (AvgIpc) is 3.15. The fourth-order valence-corrected chi connectivity index (χ4v) is 6.77. The van der Waals surface area contributed by atoms with E-state index in [1.165, 1.54) is 77.0 Å². The van der Waals surface area contributed by atoms with Crippen LogP contribution in [0.25, 0.3) is 0 Å². The molecular weight excluding hydrogens is 729 g/mol. The minimum absolute atomic E-state index is 0.0311. The third kappa shape index (κ3) is 28.4. The Morgan fingerprint density at radius 3 is 1.75 bits per heavy atom. The molecule has 322 valence electrons. The van der Waals surface area contributed by atoms with Crippen LogP contribution in [0.4, 0.5) is 0 Å². The van der Waals surface area contributed by atoms with Crippen LogP contribution in [-0.2, 0) is 38.3 Å². The first-order valence-electron chi connectivity index (χ1n) is 21.2. The molecule has 0 aromatic heterocycles. The van der Waals surface area contributed by atoms with Gasteiger partial charge < -0.3 is 34.3 Å². The second-order valence-corrected chi connectivity index (χ2v) is 15.6.